The lowest BCUT2D eigenvalue weighted by atomic mass is 10.2. The molecule has 0 aliphatic rings. The van der Waals surface area contributed by atoms with Gasteiger partial charge >= 0.3 is 0 Å². The monoisotopic (exact) mass is 251 g/mol. The van der Waals surface area contributed by atoms with E-state index < -0.39 is 0 Å². The molecule has 0 bridgehead atoms. The molecular weight excluding hydrogens is 226 g/mol. The summed E-state index contributed by atoms with van der Waals surface area (Å²) < 4.78 is 11.2. The Labute approximate surface area is 110 Å². The first-order valence-electron chi connectivity index (χ1n) is 6.60. The average Bonchev–Trinajstić information content (AvgIpc) is 2.32. The third kappa shape index (κ3) is 8.09. The van der Waals surface area contributed by atoms with Crippen LogP contribution in [0.4, 0.5) is 0 Å². The van der Waals surface area contributed by atoms with Crippen molar-refractivity contribution in [3.63, 3.8) is 0 Å². The van der Waals surface area contributed by atoms with Gasteiger partial charge in [0.2, 0.25) is 0 Å². The van der Waals surface area contributed by atoms with Crippen LogP contribution in [0, 0.1) is 0 Å². The van der Waals surface area contributed by atoms with Gasteiger partial charge in [0.15, 0.2) is 0 Å². The first-order chi connectivity index (χ1) is 8.58. The summed E-state index contributed by atoms with van der Waals surface area (Å²) >= 11 is 0. The Morgan fingerprint density at radius 3 is 2.39 bits per heavy atom. The molecule has 0 aliphatic carbocycles. The molecule has 0 spiro atoms. The van der Waals surface area contributed by atoms with Crippen LogP contribution in [-0.4, -0.2) is 31.9 Å². The van der Waals surface area contributed by atoms with Crippen LogP contribution in [0.1, 0.15) is 27.2 Å². The maximum absolute atomic E-state index is 5.61. The largest absolute Gasteiger partial charge is 0.494 e. The fraction of sp³-hybridized carbons (Fsp3) is 0.600. The summed E-state index contributed by atoms with van der Waals surface area (Å²) in [5.41, 5.74) is -0.0436. The van der Waals surface area contributed by atoms with E-state index in [4.69, 9.17) is 9.47 Å². The van der Waals surface area contributed by atoms with E-state index in [1.54, 1.807) is 0 Å². The molecule has 1 aromatic carbocycles. The molecule has 0 heterocycles. The van der Waals surface area contributed by atoms with Gasteiger partial charge in [0, 0.05) is 6.54 Å². The van der Waals surface area contributed by atoms with E-state index in [0.717, 1.165) is 38.5 Å². The third-order valence-electron chi connectivity index (χ3n) is 2.32. The predicted molar refractivity (Wildman–Crippen MR) is 75.1 cm³/mol. The highest BCUT2D eigenvalue weighted by atomic mass is 16.5. The van der Waals surface area contributed by atoms with Crippen LogP contribution in [0.15, 0.2) is 30.3 Å². The second-order valence-electron chi connectivity index (χ2n) is 5.23. The number of rotatable bonds is 8. The van der Waals surface area contributed by atoms with Crippen LogP contribution in [0.3, 0.4) is 0 Å². The van der Waals surface area contributed by atoms with Crippen LogP contribution in [0.5, 0.6) is 5.75 Å². The van der Waals surface area contributed by atoms with Crippen molar-refractivity contribution in [2.75, 3.05) is 26.3 Å². The van der Waals surface area contributed by atoms with Gasteiger partial charge in [0.05, 0.1) is 18.8 Å². The molecule has 3 heteroatoms. The molecule has 0 saturated carbocycles. The maximum atomic E-state index is 5.61. The number of hydrogen-bond donors (Lipinski definition) is 1. The van der Waals surface area contributed by atoms with E-state index in [1.807, 2.05) is 30.3 Å². The topological polar surface area (TPSA) is 30.5 Å². The zero-order chi connectivity index (χ0) is 13.3. The van der Waals surface area contributed by atoms with Crippen LogP contribution in [0.25, 0.3) is 0 Å². The van der Waals surface area contributed by atoms with Gasteiger partial charge in [-0.05, 0) is 45.9 Å². The quantitative estimate of drug-likeness (QED) is 0.721. The fourth-order valence-corrected chi connectivity index (χ4v) is 1.46. The van der Waals surface area contributed by atoms with Crippen LogP contribution >= 0.6 is 0 Å². The van der Waals surface area contributed by atoms with Gasteiger partial charge < -0.3 is 14.8 Å². The predicted octanol–water partition coefficient (Wildman–Crippen LogP) is 2.86. The van der Waals surface area contributed by atoms with Gasteiger partial charge in [0.1, 0.15) is 5.75 Å². The molecule has 3 nitrogen and oxygen atoms in total. The Bertz CT molecular complexity index is 306. The maximum Gasteiger partial charge on any atom is 0.119 e. The molecule has 0 aromatic heterocycles. The molecule has 18 heavy (non-hydrogen) atoms. The zero-order valence-electron chi connectivity index (χ0n) is 11.7. The number of nitrogens with one attached hydrogen (secondary N) is 1. The van der Waals surface area contributed by atoms with Gasteiger partial charge in [-0.15, -0.1) is 0 Å². The molecule has 0 saturated heterocycles. The highest BCUT2D eigenvalue weighted by Gasteiger charge is 2.08. The number of para-hydroxylation sites is 1. The number of ether oxygens (including phenoxy) is 2. The minimum Gasteiger partial charge on any atom is -0.494 e. The lowest BCUT2D eigenvalue weighted by Gasteiger charge is -2.19. The van der Waals surface area contributed by atoms with Gasteiger partial charge in [-0.2, -0.15) is 0 Å². The van der Waals surface area contributed by atoms with Crippen LogP contribution < -0.4 is 10.1 Å². The minimum atomic E-state index is -0.0436. The molecular formula is C15H25NO2. The second-order valence-corrected chi connectivity index (χ2v) is 5.23. The molecule has 0 amide bonds. The Kier molecular flexibility index (Phi) is 6.76. The smallest absolute Gasteiger partial charge is 0.119 e. The van der Waals surface area contributed by atoms with Crippen LogP contribution in [-0.2, 0) is 4.74 Å². The molecule has 102 valence electrons. The highest BCUT2D eigenvalue weighted by molar-refractivity contribution is 5.20. The van der Waals surface area contributed by atoms with Gasteiger partial charge in [-0.3, -0.25) is 0 Å². The molecule has 1 rings (SSSR count). The van der Waals surface area contributed by atoms with Crippen molar-refractivity contribution in [2.24, 2.45) is 0 Å². The van der Waals surface area contributed by atoms with E-state index >= 15 is 0 Å². The molecule has 0 radical (unpaired) electrons. The van der Waals surface area contributed by atoms with Gasteiger partial charge in [0.25, 0.3) is 0 Å². The summed E-state index contributed by atoms with van der Waals surface area (Å²) in [5.74, 6) is 0.938. The summed E-state index contributed by atoms with van der Waals surface area (Å²) in [6.45, 7) is 9.56. The van der Waals surface area contributed by atoms with Crippen molar-refractivity contribution in [2.45, 2.75) is 32.8 Å². The van der Waals surface area contributed by atoms with Crippen molar-refractivity contribution in [1.82, 2.24) is 5.32 Å². The molecule has 0 unspecified atom stereocenters. The highest BCUT2D eigenvalue weighted by Crippen LogP contribution is 2.08. The Hall–Kier alpha value is -1.06. The Morgan fingerprint density at radius 1 is 1.00 bits per heavy atom. The Balaban J connectivity index is 1.90. The summed E-state index contributed by atoms with van der Waals surface area (Å²) in [5, 5.41) is 3.34. The SMILES string of the molecule is CC(C)(C)OCCNCCCOc1ccccc1. The summed E-state index contributed by atoms with van der Waals surface area (Å²) in [7, 11) is 0. The van der Waals surface area contributed by atoms with E-state index in [1.165, 1.54) is 0 Å². The first-order valence-corrected chi connectivity index (χ1v) is 6.60. The summed E-state index contributed by atoms with van der Waals surface area (Å²) in [6.07, 6.45) is 1.00. The minimum absolute atomic E-state index is 0.0436. The Morgan fingerprint density at radius 2 is 1.72 bits per heavy atom. The zero-order valence-corrected chi connectivity index (χ0v) is 11.7. The molecule has 0 fully saturated rings. The van der Waals surface area contributed by atoms with E-state index in [-0.39, 0.29) is 5.60 Å². The lowest BCUT2D eigenvalue weighted by molar-refractivity contribution is -0.000808. The van der Waals surface area contributed by atoms with E-state index in [9.17, 15) is 0 Å². The van der Waals surface area contributed by atoms with E-state index in [2.05, 4.69) is 26.1 Å². The van der Waals surface area contributed by atoms with Crippen molar-refractivity contribution in [3.05, 3.63) is 30.3 Å². The molecule has 0 aliphatic heterocycles. The number of benzene rings is 1. The second kappa shape index (κ2) is 8.11. The number of hydrogen-bond acceptors (Lipinski definition) is 3. The van der Waals surface area contributed by atoms with Crippen LogP contribution in [0.2, 0.25) is 0 Å². The summed E-state index contributed by atoms with van der Waals surface area (Å²) in [4.78, 5) is 0. The average molecular weight is 251 g/mol. The van der Waals surface area contributed by atoms with Crippen molar-refractivity contribution < 1.29 is 9.47 Å². The standard InChI is InChI=1S/C15H25NO2/c1-15(2,3)18-13-11-16-10-7-12-17-14-8-5-4-6-9-14/h4-6,8-9,16H,7,10-13H2,1-3H3. The normalized spacial score (nSPS) is 11.5. The summed E-state index contributed by atoms with van der Waals surface area (Å²) in [6, 6.07) is 9.91. The molecule has 1 aromatic rings. The molecule has 0 atom stereocenters. The first kappa shape index (κ1) is 15.0. The molecule has 1 N–H and O–H groups in total. The third-order valence-corrected chi connectivity index (χ3v) is 2.32. The lowest BCUT2D eigenvalue weighted by Crippen LogP contribution is -2.27. The van der Waals surface area contributed by atoms with Crippen molar-refractivity contribution in [3.8, 4) is 5.75 Å². The van der Waals surface area contributed by atoms with Crippen molar-refractivity contribution in [1.29, 1.82) is 0 Å². The van der Waals surface area contributed by atoms with Crippen molar-refractivity contribution >= 4 is 0 Å². The fourth-order valence-electron chi connectivity index (χ4n) is 1.46. The van der Waals surface area contributed by atoms with E-state index in [0.29, 0.717) is 0 Å². The van der Waals surface area contributed by atoms with Gasteiger partial charge in [-0.1, -0.05) is 18.2 Å². The van der Waals surface area contributed by atoms with Gasteiger partial charge in [-0.25, -0.2) is 0 Å².